The Morgan fingerprint density at radius 1 is 1.02 bits per heavy atom. The lowest BCUT2D eigenvalue weighted by Crippen LogP contribution is -2.43. The zero-order valence-electron chi connectivity index (χ0n) is 23.6. The number of esters is 1. The van der Waals surface area contributed by atoms with Crippen molar-refractivity contribution in [1.82, 2.24) is 5.32 Å². The summed E-state index contributed by atoms with van der Waals surface area (Å²) >= 11 is 0. The number of ether oxygens (including phenoxy) is 4. The minimum atomic E-state index is -0.964. The predicted molar refractivity (Wildman–Crippen MR) is 151 cm³/mol. The van der Waals surface area contributed by atoms with Crippen molar-refractivity contribution < 1.29 is 33.3 Å². The van der Waals surface area contributed by atoms with Crippen LogP contribution in [0.25, 0.3) is 0 Å². The Kier molecular flexibility index (Phi) is 9.55. The van der Waals surface area contributed by atoms with Crippen LogP contribution in [0.2, 0.25) is 0 Å². The number of nitrogens with one attached hydrogen (secondary N) is 1. The summed E-state index contributed by atoms with van der Waals surface area (Å²) < 4.78 is 22.9. The highest BCUT2D eigenvalue weighted by Crippen LogP contribution is 2.41. The van der Waals surface area contributed by atoms with E-state index in [-0.39, 0.29) is 17.7 Å². The van der Waals surface area contributed by atoms with Gasteiger partial charge in [0, 0.05) is 18.4 Å². The predicted octanol–water partition coefficient (Wildman–Crippen LogP) is 5.08. The lowest BCUT2D eigenvalue weighted by atomic mass is 9.96. The Balaban J connectivity index is 1.50. The number of hydrogen-bond donors (Lipinski definition) is 1. The van der Waals surface area contributed by atoms with Gasteiger partial charge in [-0.2, -0.15) is 4.99 Å². The van der Waals surface area contributed by atoms with Crippen LogP contribution in [0.3, 0.4) is 0 Å². The first-order valence-electron chi connectivity index (χ1n) is 13.4. The van der Waals surface area contributed by atoms with Crippen molar-refractivity contribution >= 4 is 18.0 Å². The molecule has 0 saturated carbocycles. The Labute approximate surface area is 239 Å². The minimum Gasteiger partial charge on any atom is -0.489 e. The summed E-state index contributed by atoms with van der Waals surface area (Å²) in [5, 5.41) is 2.78. The second-order valence-corrected chi connectivity index (χ2v) is 10.6. The van der Waals surface area contributed by atoms with E-state index in [0.29, 0.717) is 24.3 Å². The highest BCUT2D eigenvalue weighted by molar-refractivity contribution is 5.99. The fourth-order valence-electron chi connectivity index (χ4n) is 4.56. The van der Waals surface area contributed by atoms with Crippen LogP contribution in [0.1, 0.15) is 60.3 Å². The molecule has 1 N–H and O–H groups in total. The molecule has 0 aliphatic carbocycles. The number of benzene rings is 3. The molecule has 3 atom stereocenters. The van der Waals surface area contributed by atoms with Gasteiger partial charge in [0.15, 0.2) is 0 Å². The summed E-state index contributed by atoms with van der Waals surface area (Å²) in [4.78, 5) is 40.9. The number of methoxy groups -OCH3 is 1. The van der Waals surface area contributed by atoms with E-state index in [1.165, 1.54) is 13.2 Å². The molecule has 3 aromatic rings. The van der Waals surface area contributed by atoms with Crippen LogP contribution in [0, 0.1) is 0 Å². The van der Waals surface area contributed by atoms with Crippen molar-refractivity contribution in [2.45, 2.75) is 64.2 Å². The molecule has 0 fully saturated rings. The van der Waals surface area contributed by atoms with Crippen LogP contribution < -0.4 is 14.8 Å². The third-order valence-corrected chi connectivity index (χ3v) is 6.40. The van der Waals surface area contributed by atoms with Gasteiger partial charge in [-0.05, 0) is 50.1 Å². The van der Waals surface area contributed by atoms with Crippen molar-refractivity contribution in [3.8, 4) is 11.5 Å². The molecule has 1 heterocycles. The van der Waals surface area contributed by atoms with E-state index in [0.717, 1.165) is 11.1 Å². The monoisotopic (exact) mass is 558 g/mol. The quantitative estimate of drug-likeness (QED) is 0.210. The molecule has 9 nitrogen and oxygen atoms in total. The maximum atomic E-state index is 13.5. The van der Waals surface area contributed by atoms with Crippen molar-refractivity contribution in [2.24, 2.45) is 4.99 Å². The van der Waals surface area contributed by atoms with Crippen LogP contribution >= 0.6 is 0 Å². The first-order chi connectivity index (χ1) is 19.7. The molecule has 3 aromatic carbocycles. The van der Waals surface area contributed by atoms with Gasteiger partial charge in [-0.1, -0.05) is 54.6 Å². The Hall–Kier alpha value is -4.46. The van der Waals surface area contributed by atoms with Crippen LogP contribution in [0.4, 0.5) is 0 Å². The van der Waals surface area contributed by atoms with Crippen molar-refractivity contribution in [3.63, 3.8) is 0 Å². The number of amides is 1. The highest BCUT2D eigenvalue weighted by Gasteiger charge is 2.35. The molecule has 9 heteroatoms. The van der Waals surface area contributed by atoms with Gasteiger partial charge in [0.2, 0.25) is 12.3 Å². The molecule has 1 amide bonds. The van der Waals surface area contributed by atoms with Gasteiger partial charge in [0.1, 0.15) is 24.1 Å². The number of para-hydroxylation sites is 1. The summed E-state index contributed by atoms with van der Waals surface area (Å²) in [6, 6.07) is 21.3. The second-order valence-electron chi connectivity index (χ2n) is 10.6. The molecular formula is C32H34N2O7. The number of hydrogen-bond acceptors (Lipinski definition) is 8. The lowest BCUT2D eigenvalue weighted by molar-refractivity contribution is -0.142. The normalized spacial score (nSPS) is 16.8. The number of isocyanates is 1. The van der Waals surface area contributed by atoms with Gasteiger partial charge in [0.05, 0.1) is 24.4 Å². The smallest absolute Gasteiger partial charge is 0.328 e. The van der Waals surface area contributed by atoms with Crippen LogP contribution in [0.15, 0.2) is 77.8 Å². The number of aliphatic imine (C=N–C) groups is 1. The standard InChI is InChI=1S/C32H34N2O7/c1-32(2,3)41-27-18-28(33-20-35)40-29-24(27)11-8-12-25(29)30(36)34-26(31(37)38-4)17-21-13-15-23(16-14-21)39-19-22-9-6-5-7-10-22/h5-16,26-28H,17-19H2,1-4H3,(H,34,36)/t26-,27?,28?/m0/s1. The summed E-state index contributed by atoms with van der Waals surface area (Å²) in [6.45, 7) is 6.18. The van der Waals surface area contributed by atoms with E-state index in [1.807, 2.05) is 81.4 Å². The van der Waals surface area contributed by atoms with Gasteiger partial charge in [-0.15, -0.1) is 0 Å². The molecule has 0 aromatic heterocycles. The van der Waals surface area contributed by atoms with Crippen molar-refractivity contribution in [2.75, 3.05) is 7.11 Å². The average molecular weight is 559 g/mol. The number of nitrogens with zero attached hydrogens (tertiary/aromatic N) is 1. The van der Waals surface area contributed by atoms with E-state index >= 15 is 0 Å². The van der Waals surface area contributed by atoms with Crippen molar-refractivity contribution in [1.29, 1.82) is 0 Å². The fourth-order valence-corrected chi connectivity index (χ4v) is 4.56. The topological polar surface area (TPSA) is 113 Å². The van der Waals surface area contributed by atoms with E-state index < -0.39 is 35.9 Å². The highest BCUT2D eigenvalue weighted by atomic mass is 16.5. The maximum absolute atomic E-state index is 13.5. The maximum Gasteiger partial charge on any atom is 0.328 e. The molecule has 1 aliphatic heterocycles. The summed E-state index contributed by atoms with van der Waals surface area (Å²) in [5.74, 6) is -0.196. The second kappa shape index (κ2) is 13.3. The number of carbonyl (C=O) groups is 2. The third kappa shape index (κ3) is 8.03. The molecule has 41 heavy (non-hydrogen) atoms. The minimum absolute atomic E-state index is 0.189. The molecular weight excluding hydrogens is 524 g/mol. The van der Waals surface area contributed by atoms with E-state index in [9.17, 15) is 14.4 Å². The van der Waals surface area contributed by atoms with Gasteiger partial charge >= 0.3 is 5.97 Å². The van der Waals surface area contributed by atoms with Crippen molar-refractivity contribution in [3.05, 3.63) is 95.1 Å². The van der Waals surface area contributed by atoms with E-state index in [2.05, 4.69) is 10.3 Å². The summed E-state index contributed by atoms with van der Waals surface area (Å²) in [7, 11) is 1.27. The van der Waals surface area contributed by atoms with E-state index in [4.69, 9.17) is 18.9 Å². The molecule has 2 unspecified atom stereocenters. The molecule has 0 bridgehead atoms. The third-order valence-electron chi connectivity index (χ3n) is 6.40. The van der Waals surface area contributed by atoms with Gasteiger partial charge in [-0.25, -0.2) is 9.59 Å². The molecule has 1 aliphatic rings. The lowest BCUT2D eigenvalue weighted by Gasteiger charge is -2.34. The van der Waals surface area contributed by atoms with E-state index in [1.54, 1.807) is 12.1 Å². The molecule has 0 spiro atoms. The largest absolute Gasteiger partial charge is 0.489 e. The Morgan fingerprint density at radius 2 is 1.76 bits per heavy atom. The SMILES string of the molecule is COC(=O)[C@H](Cc1ccc(OCc2ccccc2)cc1)NC(=O)c1cccc2c1OC(N=C=O)CC2OC(C)(C)C. The van der Waals surface area contributed by atoms with Crippen LogP contribution in [-0.4, -0.2) is 42.9 Å². The van der Waals surface area contributed by atoms with Gasteiger partial charge in [0.25, 0.3) is 5.91 Å². The van der Waals surface area contributed by atoms with Gasteiger partial charge < -0.3 is 24.3 Å². The average Bonchev–Trinajstić information content (AvgIpc) is 2.95. The van der Waals surface area contributed by atoms with Gasteiger partial charge in [-0.3, -0.25) is 4.79 Å². The first kappa shape index (κ1) is 29.5. The van der Waals surface area contributed by atoms with Crippen LogP contribution in [0.5, 0.6) is 11.5 Å². The molecule has 4 rings (SSSR count). The molecule has 0 saturated heterocycles. The fraction of sp³-hybridized carbons (Fsp3) is 0.344. The number of carbonyl (C=O) groups excluding carboxylic acids is 3. The Morgan fingerprint density at radius 3 is 2.41 bits per heavy atom. The Bertz CT molecular complexity index is 1390. The summed E-state index contributed by atoms with van der Waals surface area (Å²) in [5.41, 5.74) is 2.21. The van der Waals surface area contributed by atoms with Crippen LogP contribution in [-0.2, 0) is 32.1 Å². The molecule has 214 valence electrons. The first-order valence-corrected chi connectivity index (χ1v) is 13.4. The zero-order valence-corrected chi connectivity index (χ0v) is 23.6. The number of fused-ring (bicyclic) bond motifs is 1. The summed E-state index contributed by atoms with van der Waals surface area (Å²) in [6.07, 6.45) is 0.688. The zero-order chi connectivity index (χ0) is 29.4. The molecule has 0 radical (unpaired) electrons. The number of rotatable bonds is 10.